The Hall–Kier alpha value is 1.69. The molecule has 0 spiro atoms. The first-order valence-electron chi connectivity index (χ1n) is 0.408. The van der Waals surface area contributed by atoms with Gasteiger partial charge in [-0.15, -0.1) is 0 Å². The van der Waals surface area contributed by atoms with E-state index in [-0.39, 0.29) is 21.7 Å². The maximum atomic E-state index is 8.57. The van der Waals surface area contributed by atoms with Gasteiger partial charge in [0.25, 0.3) is 0 Å². The molecule has 2 nitrogen and oxygen atoms in total. The number of hydrogen-bond acceptors (Lipinski definition) is 2. The zero-order valence-corrected chi connectivity index (χ0v) is 6.52. The predicted molar refractivity (Wildman–Crippen MR) is 1.37 cm³/mol. The van der Waals surface area contributed by atoms with E-state index in [1.165, 1.54) is 0 Å². The standard InChI is InChI=1S/Ce.2O.Ti. The van der Waals surface area contributed by atoms with Gasteiger partial charge < -0.3 is 0 Å². The second kappa shape index (κ2) is 8.83. The fourth-order valence-corrected chi connectivity index (χ4v) is 0. The molecule has 0 rings (SSSR count). The smallest absolute Gasteiger partial charge is 0 e. The zero-order chi connectivity index (χ0) is 2.71. The minimum atomic E-state index is -2.42. The van der Waals surface area contributed by atoms with Crippen LogP contribution in [0.5, 0.6) is 0 Å². The molecule has 0 heterocycles. The SMILES string of the molecule is [O]=[Ce]=[O].[Ti]. The van der Waals surface area contributed by atoms with E-state index in [2.05, 4.69) is 0 Å². The van der Waals surface area contributed by atoms with Crippen LogP contribution in [0, 0.1) is 37.8 Å². The maximum absolute atomic E-state index is 8.57. The summed E-state index contributed by atoms with van der Waals surface area (Å²) in [7, 11) is 0. The van der Waals surface area contributed by atoms with E-state index in [0.717, 1.165) is 0 Å². The molecule has 0 atom stereocenters. The van der Waals surface area contributed by atoms with E-state index >= 15 is 0 Å². The summed E-state index contributed by atoms with van der Waals surface area (Å²) in [4.78, 5) is 0. The van der Waals surface area contributed by atoms with Gasteiger partial charge in [-0.3, -0.25) is 0 Å². The second-order valence-corrected chi connectivity index (χ2v) is 0.607. The maximum Gasteiger partial charge on any atom is 0 e. The third kappa shape index (κ3) is 9.35. The summed E-state index contributed by atoms with van der Waals surface area (Å²) in [5.41, 5.74) is 0. The Balaban J connectivity index is 0. The molecular weight excluding hydrogens is 220 g/mol. The van der Waals surface area contributed by atoms with Crippen molar-refractivity contribution in [3.8, 4) is 0 Å². The van der Waals surface area contributed by atoms with E-state index in [1.807, 2.05) is 0 Å². The summed E-state index contributed by atoms with van der Waals surface area (Å²) < 4.78 is 17.1. The van der Waals surface area contributed by atoms with E-state index in [0.29, 0.717) is 0 Å². The molecule has 20 valence electrons. The molecule has 0 bridgehead atoms. The van der Waals surface area contributed by atoms with E-state index in [9.17, 15) is 0 Å². The van der Waals surface area contributed by atoms with Crippen LogP contribution in [0.1, 0.15) is 0 Å². The van der Waals surface area contributed by atoms with Gasteiger partial charge in [0.1, 0.15) is 0 Å². The van der Waals surface area contributed by atoms with Crippen molar-refractivity contribution in [1.82, 2.24) is 0 Å². The van der Waals surface area contributed by atoms with Gasteiger partial charge in [0.2, 0.25) is 0 Å². The Labute approximate surface area is 60.2 Å². The molecule has 4 heteroatoms. The van der Waals surface area contributed by atoms with Crippen molar-refractivity contribution < 1.29 is 61.4 Å². The van der Waals surface area contributed by atoms with Crippen molar-refractivity contribution >= 4 is 0 Å². The molecule has 0 aliphatic carbocycles. The van der Waals surface area contributed by atoms with Crippen molar-refractivity contribution in [2.45, 2.75) is 0 Å². The molecule has 0 unspecified atom stereocenters. The van der Waals surface area contributed by atoms with Crippen LogP contribution < -0.4 is 0 Å². The van der Waals surface area contributed by atoms with Crippen molar-refractivity contribution in [2.24, 2.45) is 0 Å². The molecule has 0 aliphatic heterocycles. The van der Waals surface area contributed by atoms with Crippen LogP contribution in [-0.4, -0.2) is 0 Å². The van der Waals surface area contributed by atoms with Gasteiger partial charge >= 0.3 is 39.7 Å². The summed E-state index contributed by atoms with van der Waals surface area (Å²) >= 11 is -2.42. The summed E-state index contributed by atoms with van der Waals surface area (Å²) in [5.74, 6) is 0. The molecule has 0 saturated carbocycles. The first-order chi connectivity index (χ1) is 1.41. The fraction of sp³-hybridized carbons (Fsp3) is 0. The summed E-state index contributed by atoms with van der Waals surface area (Å²) in [5, 5.41) is 0. The topological polar surface area (TPSA) is 34.1 Å². The van der Waals surface area contributed by atoms with Crippen LogP contribution in [0.2, 0.25) is 0 Å². The summed E-state index contributed by atoms with van der Waals surface area (Å²) in [6.07, 6.45) is 0. The molecule has 0 aromatic rings. The first-order valence-corrected chi connectivity index (χ1v) is 2.97. The predicted octanol–water partition coefficient (Wildman–Crippen LogP) is -0.240. The average Bonchev–Trinajstić information content (AvgIpc) is 0.918. The van der Waals surface area contributed by atoms with Gasteiger partial charge in [0.05, 0.1) is 0 Å². The van der Waals surface area contributed by atoms with Crippen molar-refractivity contribution in [2.75, 3.05) is 0 Å². The molecule has 0 radical (unpaired) electrons. The Morgan fingerprint density at radius 1 is 1.25 bits per heavy atom. The van der Waals surface area contributed by atoms with Crippen LogP contribution in [-0.2, 0) is 23.6 Å². The largest absolute Gasteiger partial charge is 0 e. The Kier molecular flexibility index (Phi) is 20.3. The van der Waals surface area contributed by atoms with Crippen molar-refractivity contribution in [1.29, 1.82) is 0 Å². The van der Waals surface area contributed by atoms with Crippen LogP contribution >= 0.6 is 0 Å². The molecule has 0 aromatic heterocycles. The van der Waals surface area contributed by atoms with Crippen molar-refractivity contribution in [3.05, 3.63) is 0 Å². The average molecular weight is 220 g/mol. The molecule has 4 heavy (non-hydrogen) atoms. The molecule has 0 fully saturated rings. The Bertz CT molecular complexity index is 27.0. The molecular formula is CeO2Ti. The Morgan fingerprint density at radius 2 is 1.25 bits per heavy atom. The quantitative estimate of drug-likeness (QED) is 0.528. The van der Waals surface area contributed by atoms with Crippen LogP contribution in [0.3, 0.4) is 0 Å². The zero-order valence-electron chi connectivity index (χ0n) is 1.82. The number of rotatable bonds is 0. The molecule has 0 aromatic carbocycles. The third-order valence-corrected chi connectivity index (χ3v) is 0. The Morgan fingerprint density at radius 3 is 1.25 bits per heavy atom. The molecule has 0 amide bonds. The van der Waals surface area contributed by atoms with Crippen LogP contribution in [0.25, 0.3) is 0 Å². The first kappa shape index (κ1) is 9.19. The number of hydrogen-bond donors (Lipinski definition) is 0. The van der Waals surface area contributed by atoms with E-state index in [1.54, 1.807) is 0 Å². The fourth-order valence-electron chi connectivity index (χ4n) is 0. The molecule has 0 aliphatic rings. The minimum Gasteiger partial charge on any atom is 0 e. The molecule has 0 saturated heterocycles. The molecule has 0 N–H and O–H groups in total. The second-order valence-electron chi connectivity index (χ2n) is 0.0833. The van der Waals surface area contributed by atoms with Gasteiger partial charge in [0.15, 0.2) is 0 Å². The van der Waals surface area contributed by atoms with Crippen LogP contribution in [0.4, 0.5) is 0 Å². The van der Waals surface area contributed by atoms with Gasteiger partial charge in [-0.2, -0.15) is 0 Å². The van der Waals surface area contributed by atoms with Gasteiger partial charge in [-0.1, -0.05) is 0 Å². The summed E-state index contributed by atoms with van der Waals surface area (Å²) in [6, 6.07) is 0. The third-order valence-electron chi connectivity index (χ3n) is 0. The van der Waals surface area contributed by atoms with Crippen molar-refractivity contribution in [3.63, 3.8) is 0 Å². The van der Waals surface area contributed by atoms with Crippen LogP contribution in [0.15, 0.2) is 0 Å². The van der Waals surface area contributed by atoms with Gasteiger partial charge in [0, 0.05) is 21.7 Å². The summed E-state index contributed by atoms with van der Waals surface area (Å²) in [6.45, 7) is 0. The van der Waals surface area contributed by atoms with Gasteiger partial charge in [-0.05, 0) is 0 Å². The van der Waals surface area contributed by atoms with E-state index in [4.69, 9.17) is 1.88 Å². The minimum absolute atomic E-state index is 0. The van der Waals surface area contributed by atoms with E-state index < -0.39 is 37.8 Å². The normalized spacial score (nSPS) is 2.00. The monoisotopic (exact) mass is 220 g/mol. The van der Waals surface area contributed by atoms with Gasteiger partial charge in [-0.25, -0.2) is 0 Å².